The third kappa shape index (κ3) is 5.39. The molecule has 4 heteroatoms. The van der Waals surface area contributed by atoms with Crippen LogP contribution in [-0.2, 0) is 0 Å². The summed E-state index contributed by atoms with van der Waals surface area (Å²) in [7, 11) is 0. The van der Waals surface area contributed by atoms with Crippen molar-refractivity contribution in [2.24, 2.45) is 0 Å². The van der Waals surface area contributed by atoms with E-state index in [1.807, 2.05) is 24.3 Å². The van der Waals surface area contributed by atoms with Crippen molar-refractivity contribution in [1.82, 2.24) is 5.32 Å². The molecule has 1 heterocycles. The summed E-state index contributed by atoms with van der Waals surface area (Å²) in [6.45, 7) is 1.03. The lowest BCUT2D eigenvalue weighted by Crippen LogP contribution is -2.32. The third-order valence-electron chi connectivity index (χ3n) is 2.20. The molecule has 0 saturated heterocycles. The summed E-state index contributed by atoms with van der Waals surface area (Å²) < 4.78 is 5.18. The second-order valence-corrected chi connectivity index (χ2v) is 4.40. The van der Waals surface area contributed by atoms with Gasteiger partial charge >= 0.3 is 0 Å². The van der Waals surface area contributed by atoms with Crippen molar-refractivity contribution in [3.05, 3.63) is 30.2 Å². The van der Waals surface area contributed by atoms with E-state index in [0.717, 1.165) is 24.5 Å². The fourth-order valence-electron chi connectivity index (χ4n) is 1.40. The summed E-state index contributed by atoms with van der Waals surface area (Å²) in [5, 5.41) is 12.3. The first-order valence-electron chi connectivity index (χ1n) is 5.40. The van der Waals surface area contributed by atoms with Crippen LogP contribution in [-0.4, -0.2) is 36.3 Å². The quantitative estimate of drug-likeness (QED) is 0.730. The Bertz CT molecular complexity index is 279. The molecule has 0 spiro atoms. The molecule has 0 aliphatic rings. The van der Waals surface area contributed by atoms with Crippen molar-refractivity contribution in [1.29, 1.82) is 0 Å². The van der Waals surface area contributed by atoms with Crippen LogP contribution in [0.5, 0.6) is 0 Å². The number of aliphatic hydroxyl groups excluding tert-OH is 1. The molecule has 1 unspecified atom stereocenters. The maximum atomic E-state index is 8.89. The van der Waals surface area contributed by atoms with Gasteiger partial charge in [-0.2, -0.15) is 11.8 Å². The Kier molecular flexibility index (Phi) is 7.05. The van der Waals surface area contributed by atoms with E-state index in [0.29, 0.717) is 6.04 Å². The standard InChI is InChI=1S/C12H19NO2S/c1-16-10-11(6-8-14)13-7-2-4-12-5-3-9-15-12/h2-5,9,11,13-14H,6-8,10H2,1H3/b4-2+. The first-order valence-corrected chi connectivity index (χ1v) is 6.79. The fourth-order valence-corrected chi connectivity index (χ4v) is 2.08. The van der Waals surface area contributed by atoms with Crippen LogP contribution in [0.2, 0.25) is 0 Å². The molecule has 0 aromatic carbocycles. The molecule has 1 atom stereocenters. The topological polar surface area (TPSA) is 45.4 Å². The second kappa shape index (κ2) is 8.44. The molecule has 0 radical (unpaired) electrons. The maximum absolute atomic E-state index is 8.89. The van der Waals surface area contributed by atoms with Gasteiger partial charge in [-0.15, -0.1) is 0 Å². The average Bonchev–Trinajstić information content (AvgIpc) is 2.78. The van der Waals surface area contributed by atoms with Gasteiger partial charge in [-0.05, 0) is 30.9 Å². The van der Waals surface area contributed by atoms with Gasteiger partial charge in [0, 0.05) is 24.9 Å². The van der Waals surface area contributed by atoms with Gasteiger partial charge in [-0.1, -0.05) is 6.08 Å². The zero-order valence-electron chi connectivity index (χ0n) is 9.56. The van der Waals surface area contributed by atoms with Gasteiger partial charge in [0.15, 0.2) is 0 Å². The molecule has 0 amide bonds. The minimum atomic E-state index is 0.236. The molecule has 2 N–H and O–H groups in total. The van der Waals surface area contributed by atoms with Crippen molar-refractivity contribution in [3.63, 3.8) is 0 Å². The minimum absolute atomic E-state index is 0.236. The predicted octanol–water partition coefficient (Wildman–Crippen LogP) is 2.00. The first kappa shape index (κ1) is 13.4. The number of aliphatic hydroxyl groups is 1. The van der Waals surface area contributed by atoms with E-state index in [4.69, 9.17) is 9.52 Å². The molecular formula is C12H19NO2S. The van der Waals surface area contributed by atoms with E-state index < -0.39 is 0 Å². The zero-order valence-corrected chi connectivity index (χ0v) is 10.4. The Balaban J connectivity index is 2.21. The minimum Gasteiger partial charge on any atom is -0.465 e. The van der Waals surface area contributed by atoms with Gasteiger partial charge < -0.3 is 14.8 Å². The largest absolute Gasteiger partial charge is 0.465 e. The van der Waals surface area contributed by atoms with Gasteiger partial charge in [0.1, 0.15) is 5.76 Å². The highest BCUT2D eigenvalue weighted by Crippen LogP contribution is 2.03. The smallest absolute Gasteiger partial charge is 0.126 e. The Morgan fingerprint density at radius 1 is 1.62 bits per heavy atom. The van der Waals surface area contributed by atoms with Crippen LogP contribution >= 0.6 is 11.8 Å². The van der Waals surface area contributed by atoms with Gasteiger partial charge in [0.2, 0.25) is 0 Å². The van der Waals surface area contributed by atoms with E-state index in [-0.39, 0.29) is 6.61 Å². The van der Waals surface area contributed by atoms with E-state index in [9.17, 15) is 0 Å². The predicted molar refractivity (Wildman–Crippen MR) is 69.6 cm³/mol. The third-order valence-corrected chi connectivity index (χ3v) is 2.93. The second-order valence-electron chi connectivity index (χ2n) is 3.49. The molecule has 0 fully saturated rings. The number of thioether (sulfide) groups is 1. The lowest BCUT2D eigenvalue weighted by molar-refractivity contribution is 0.271. The monoisotopic (exact) mass is 241 g/mol. The summed E-state index contributed by atoms with van der Waals surface area (Å²) in [5.74, 6) is 1.89. The van der Waals surface area contributed by atoms with E-state index in [1.165, 1.54) is 0 Å². The Morgan fingerprint density at radius 2 is 2.50 bits per heavy atom. The summed E-state index contributed by atoms with van der Waals surface area (Å²) in [5.41, 5.74) is 0. The number of nitrogens with one attached hydrogen (secondary N) is 1. The highest BCUT2D eigenvalue weighted by molar-refractivity contribution is 7.98. The van der Waals surface area contributed by atoms with Crippen LogP contribution in [0, 0.1) is 0 Å². The highest BCUT2D eigenvalue weighted by atomic mass is 32.2. The number of hydrogen-bond donors (Lipinski definition) is 2. The van der Waals surface area contributed by atoms with Gasteiger partial charge in [-0.3, -0.25) is 0 Å². The lowest BCUT2D eigenvalue weighted by atomic mass is 10.2. The molecular weight excluding hydrogens is 222 g/mol. The van der Waals surface area contributed by atoms with Crippen molar-refractivity contribution >= 4 is 17.8 Å². The Labute approximate surface area is 101 Å². The highest BCUT2D eigenvalue weighted by Gasteiger charge is 2.04. The maximum Gasteiger partial charge on any atom is 0.126 e. The first-order chi connectivity index (χ1) is 7.86. The van der Waals surface area contributed by atoms with E-state index >= 15 is 0 Å². The average molecular weight is 241 g/mol. The van der Waals surface area contributed by atoms with Crippen LogP contribution in [0.4, 0.5) is 0 Å². The molecule has 1 aromatic heterocycles. The number of hydrogen-bond acceptors (Lipinski definition) is 4. The number of furan rings is 1. The van der Waals surface area contributed by atoms with Gasteiger partial charge in [0.25, 0.3) is 0 Å². The Hall–Kier alpha value is -0.710. The molecule has 1 rings (SSSR count). The van der Waals surface area contributed by atoms with E-state index in [1.54, 1.807) is 18.0 Å². The molecule has 0 saturated carbocycles. The molecule has 90 valence electrons. The fraction of sp³-hybridized carbons (Fsp3) is 0.500. The molecule has 3 nitrogen and oxygen atoms in total. The van der Waals surface area contributed by atoms with Crippen molar-refractivity contribution < 1.29 is 9.52 Å². The van der Waals surface area contributed by atoms with Crippen LogP contribution < -0.4 is 5.32 Å². The van der Waals surface area contributed by atoms with Crippen LogP contribution in [0.25, 0.3) is 6.08 Å². The summed E-state index contributed by atoms with van der Waals surface area (Å²) >= 11 is 1.79. The van der Waals surface area contributed by atoms with Crippen LogP contribution in [0.15, 0.2) is 28.9 Å². The van der Waals surface area contributed by atoms with Gasteiger partial charge in [-0.25, -0.2) is 0 Å². The normalized spacial score (nSPS) is 13.4. The van der Waals surface area contributed by atoms with Crippen molar-refractivity contribution in [2.45, 2.75) is 12.5 Å². The molecule has 1 aromatic rings. The van der Waals surface area contributed by atoms with E-state index in [2.05, 4.69) is 11.6 Å². The number of rotatable bonds is 8. The SMILES string of the molecule is CSCC(CCO)NC/C=C/c1ccco1. The van der Waals surface area contributed by atoms with Crippen LogP contribution in [0.1, 0.15) is 12.2 Å². The van der Waals surface area contributed by atoms with Crippen LogP contribution in [0.3, 0.4) is 0 Å². The zero-order chi connectivity index (χ0) is 11.6. The summed E-state index contributed by atoms with van der Waals surface area (Å²) in [4.78, 5) is 0. The Morgan fingerprint density at radius 3 is 3.12 bits per heavy atom. The van der Waals surface area contributed by atoms with Gasteiger partial charge in [0.05, 0.1) is 6.26 Å². The lowest BCUT2D eigenvalue weighted by Gasteiger charge is -2.14. The molecule has 0 aliphatic carbocycles. The van der Waals surface area contributed by atoms with Crippen molar-refractivity contribution in [2.75, 3.05) is 25.2 Å². The molecule has 16 heavy (non-hydrogen) atoms. The molecule has 0 bridgehead atoms. The molecule has 0 aliphatic heterocycles. The van der Waals surface area contributed by atoms with Crippen molar-refractivity contribution in [3.8, 4) is 0 Å². The summed E-state index contributed by atoms with van der Waals surface area (Å²) in [6.07, 6.45) is 8.52. The summed E-state index contributed by atoms with van der Waals surface area (Å²) in [6, 6.07) is 4.17.